The van der Waals surface area contributed by atoms with E-state index in [9.17, 15) is 18.0 Å². The van der Waals surface area contributed by atoms with Gasteiger partial charge in [-0.05, 0) is 18.8 Å². The number of halogens is 3. The molecule has 7 nitrogen and oxygen atoms in total. The molecule has 1 aromatic rings. The summed E-state index contributed by atoms with van der Waals surface area (Å²) in [4.78, 5) is 12.0. The van der Waals surface area contributed by atoms with Crippen molar-refractivity contribution < 1.29 is 22.7 Å². The van der Waals surface area contributed by atoms with Crippen LogP contribution < -0.4 is 5.32 Å². The Kier molecular flexibility index (Phi) is 6.31. The van der Waals surface area contributed by atoms with Crippen molar-refractivity contribution in [1.29, 1.82) is 0 Å². The van der Waals surface area contributed by atoms with Crippen LogP contribution >= 0.6 is 0 Å². The highest BCUT2D eigenvalue weighted by Crippen LogP contribution is 2.32. The number of rotatable bonds is 7. The van der Waals surface area contributed by atoms with E-state index in [2.05, 4.69) is 30.7 Å². The summed E-state index contributed by atoms with van der Waals surface area (Å²) >= 11 is 0. The summed E-state index contributed by atoms with van der Waals surface area (Å²) in [5.41, 5.74) is 0. The smallest absolute Gasteiger partial charge is 0.372 e. The third-order valence-corrected chi connectivity index (χ3v) is 3.82. The van der Waals surface area contributed by atoms with E-state index >= 15 is 0 Å². The predicted molar refractivity (Wildman–Crippen MR) is 73.1 cm³/mol. The zero-order chi connectivity index (χ0) is 16.7. The van der Waals surface area contributed by atoms with Crippen molar-refractivity contribution >= 4 is 5.91 Å². The molecule has 2 N–H and O–H groups in total. The van der Waals surface area contributed by atoms with Crippen molar-refractivity contribution in [3.63, 3.8) is 0 Å². The summed E-state index contributed by atoms with van der Waals surface area (Å²) in [6.45, 7) is -1.63. The van der Waals surface area contributed by atoms with E-state index < -0.39 is 12.8 Å². The summed E-state index contributed by atoms with van der Waals surface area (Å²) in [7, 11) is 0. The lowest BCUT2D eigenvalue weighted by Gasteiger charge is -2.28. The number of ether oxygens (including phenoxy) is 1. The second-order valence-corrected chi connectivity index (χ2v) is 5.63. The van der Waals surface area contributed by atoms with Crippen LogP contribution in [0.1, 0.15) is 50.4 Å². The predicted octanol–water partition coefficient (Wildman–Crippen LogP) is 1.91. The standard InChI is InChI=1S/C13H20F3N5O2/c14-13(15,16)8-23-7-6-10(22)17-11(12-18-20-21-19-12)9-4-2-1-3-5-9/h9,11H,1-8H2,(H,17,22)(H,18,19,20,21). The molecule has 0 radical (unpaired) electrons. The fourth-order valence-corrected chi connectivity index (χ4v) is 2.76. The third-order valence-electron chi connectivity index (χ3n) is 3.82. The Morgan fingerprint density at radius 3 is 2.70 bits per heavy atom. The van der Waals surface area contributed by atoms with Crippen LogP contribution in [0.4, 0.5) is 13.2 Å². The van der Waals surface area contributed by atoms with E-state index in [0.29, 0.717) is 5.82 Å². The number of carbonyl (C=O) groups excluding carboxylic acids is 1. The van der Waals surface area contributed by atoms with Crippen molar-refractivity contribution in [3.05, 3.63) is 5.82 Å². The normalized spacial score (nSPS) is 17.9. The SMILES string of the molecule is O=C(CCOCC(F)(F)F)NC(c1nn[nH]n1)C1CCCCC1. The van der Waals surface area contributed by atoms with Crippen molar-refractivity contribution in [1.82, 2.24) is 25.9 Å². The fraction of sp³-hybridized carbons (Fsp3) is 0.846. The average Bonchev–Trinajstić information content (AvgIpc) is 3.03. The zero-order valence-electron chi connectivity index (χ0n) is 12.6. The molecular formula is C13H20F3N5O2. The van der Waals surface area contributed by atoms with Gasteiger partial charge >= 0.3 is 6.18 Å². The molecule has 1 unspecified atom stereocenters. The van der Waals surface area contributed by atoms with E-state index in [1.165, 1.54) is 0 Å². The van der Waals surface area contributed by atoms with Crippen LogP contribution in [0.5, 0.6) is 0 Å². The lowest BCUT2D eigenvalue weighted by atomic mass is 9.83. The van der Waals surface area contributed by atoms with Gasteiger partial charge in [-0.15, -0.1) is 10.2 Å². The first kappa shape index (κ1) is 17.6. The van der Waals surface area contributed by atoms with Gasteiger partial charge in [0, 0.05) is 6.42 Å². The lowest BCUT2D eigenvalue weighted by Crippen LogP contribution is -2.35. The van der Waals surface area contributed by atoms with Crippen molar-refractivity contribution in [2.45, 2.75) is 50.7 Å². The maximum Gasteiger partial charge on any atom is 0.411 e. The summed E-state index contributed by atoms with van der Waals surface area (Å²) in [5.74, 6) is 0.232. The Bertz CT molecular complexity index is 474. The topological polar surface area (TPSA) is 92.8 Å². The molecule has 23 heavy (non-hydrogen) atoms. The molecule has 2 rings (SSSR count). The van der Waals surface area contributed by atoms with Gasteiger partial charge in [-0.2, -0.15) is 18.4 Å². The summed E-state index contributed by atoms with van der Waals surface area (Å²) in [6.07, 6.45) is 0.679. The second kappa shape index (κ2) is 8.23. The summed E-state index contributed by atoms with van der Waals surface area (Å²) in [6, 6.07) is -0.371. The van der Waals surface area contributed by atoms with Crippen LogP contribution in [-0.2, 0) is 9.53 Å². The van der Waals surface area contributed by atoms with Crippen LogP contribution in [0, 0.1) is 5.92 Å². The number of aromatic nitrogens is 4. The van der Waals surface area contributed by atoms with E-state index in [-0.39, 0.29) is 30.9 Å². The molecule has 0 aromatic carbocycles. The Balaban J connectivity index is 1.83. The van der Waals surface area contributed by atoms with E-state index in [0.717, 1.165) is 32.1 Å². The van der Waals surface area contributed by atoms with Crippen LogP contribution in [0.2, 0.25) is 0 Å². The monoisotopic (exact) mass is 335 g/mol. The minimum absolute atomic E-state index is 0.142. The zero-order valence-corrected chi connectivity index (χ0v) is 12.6. The molecule has 10 heteroatoms. The molecule has 1 aliphatic carbocycles. The van der Waals surface area contributed by atoms with Gasteiger partial charge in [-0.3, -0.25) is 4.79 Å². The van der Waals surface area contributed by atoms with Gasteiger partial charge in [0.1, 0.15) is 6.61 Å². The highest BCUT2D eigenvalue weighted by molar-refractivity contribution is 5.76. The second-order valence-electron chi connectivity index (χ2n) is 5.63. The fourth-order valence-electron chi connectivity index (χ4n) is 2.76. The Morgan fingerprint density at radius 1 is 1.35 bits per heavy atom. The molecule has 0 spiro atoms. The van der Waals surface area contributed by atoms with Crippen LogP contribution in [0.15, 0.2) is 0 Å². The number of hydrogen-bond acceptors (Lipinski definition) is 5. The Morgan fingerprint density at radius 2 is 2.09 bits per heavy atom. The summed E-state index contributed by atoms with van der Waals surface area (Å²) < 4.78 is 40.4. The van der Waals surface area contributed by atoms with Gasteiger partial charge < -0.3 is 10.1 Å². The minimum Gasteiger partial charge on any atom is -0.372 e. The minimum atomic E-state index is -4.38. The Labute approximate surface area is 131 Å². The lowest BCUT2D eigenvalue weighted by molar-refractivity contribution is -0.174. The third kappa shape index (κ3) is 6.12. The molecule has 1 fully saturated rings. The van der Waals surface area contributed by atoms with Gasteiger partial charge in [-0.1, -0.05) is 24.5 Å². The number of nitrogens with zero attached hydrogens (tertiary/aromatic N) is 3. The van der Waals surface area contributed by atoms with Gasteiger partial charge in [-0.25, -0.2) is 0 Å². The molecular weight excluding hydrogens is 315 g/mol. The molecule has 0 saturated heterocycles. The van der Waals surface area contributed by atoms with Crippen LogP contribution in [0.3, 0.4) is 0 Å². The number of alkyl halides is 3. The van der Waals surface area contributed by atoms with Gasteiger partial charge in [0.15, 0.2) is 5.82 Å². The number of aromatic amines is 1. The number of H-pyrrole nitrogens is 1. The van der Waals surface area contributed by atoms with Crippen molar-refractivity contribution in [2.75, 3.05) is 13.2 Å². The first-order valence-electron chi connectivity index (χ1n) is 7.63. The van der Waals surface area contributed by atoms with E-state index in [1.54, 1.807) is 0 Å². The molecule has 130 valence electrons. The first-order valence-corrected chi connectivity index (χ1v) is 7.63. The molecule has 1 saturated carbocycles. The van der Waals surface area contributed by atoms with Crippen LogP contribution in [-0.4, -0.2) is 45.9 Å². The molecule has 1 aromatic heterocycles. The largest absolute Gasteiger partial charge is 0.411 e. The van der Waals surface area contributed by atoms with E-state index in [1.807, 2.05) is 0 Å². The highest BCUT2D eigenvalue weighted by atomic mass is 19.4. The van der Waals surface area contributed by atoms with Crippen molar-refractivity contribution in [3.8, 4) is 0 Å². The molecule has 1 atom stereocenters. The summed E-state index contributed by atoms with van der Waals surface area (Å²) in [5, 5.41) is 16.5. The number of tetrazole rings is 1. The van der Waals surface area contributed by atoms with Gasteiger partial charge in [0.25, 0.3) is 0 Å². The molecule has 1 amide bonds. The maximum atomic E-state index is 12.0. The van der Waals surface area contributed by atoms with Crippen molar-refractivity contribution in [2.24, 2.45) is 5.92 Å². The number of nitrogens with one attached hydrogen (secondary N) is 2. The molecule has 1 heterocycles. The quantitative estimate of drug-likeness (QED) is 0.743. The average molecular weight is 335 g/mol. The highest BCUT2D eigenvalue weighted by Gasteiger charge is 2.30. The van der Waals surface area contributed by atoms with Gasteiger partial charge in [0.05, 0.1) is 12.6 Å². The maximum absolute atomic E-state index is 12.0. The van der Waals surface area contributed by atoms with Crippen LogP contribution in [0.25, 0.3) is 0 Å². The first-order chi connectivity index (χ1) is 11.0. The Hall–Kier alpha value is -1.71. The molecule has 0 aliphatic heterocycles. The number of carbonyl (C=O) groups is 1. The molecule has 1 aliphatic rings. The number of amides is 1. The van der Waals surface area contributed by atoms with E-state index in [4.69, 9.17) is 0 Å². The molecule has 0 bridgehead atoms. The van der Waals surface area contributed by atoms with Gasteiger partial charge in [0.2, 0.25) is 5.91 Å². The number of hydrogen-bond donors (Lipinski definition) is 2.